The summed E-state index contributed by atoms with van der Waals surface area (Å²) in [7, 11) is 0. The Morgan fingerprint density at radius 3 is 1.57 bits per heavy atom. The van der Waals surface area contributed by atoms with Crippen molar-refractivity contribution in [1.82, 2.24) is 0 Å². The van der Waals surface area contributed by atoms with Crippen molar-refractivity contribution in [2.75, 3.05) is 0 Å². The van der Waals surface area contributed by atoms with E-state index in [1.165, 1.54) is 0 Å². The van der Waals surface area contributed by atoms with Gasteiger partial charge in [-0.25, -0.2) is 0 Å². The van der Waals surface area contributed by atoms with Gasteiger partial charge in [-0.1, -0.05) is 75.1 Å². The molecule has 0 spiro atoms. The van der Waals surface area contributed by atoms with Crippen LogP contribution in [0.4, 0.5) is 0 Å². The molecule has 2 heteroatoms. The van der Waals surface area contributed by atoms with Gasteiger partial charge in [0.25, 0.3) is 0 Å². The van der Waals surface area contributed by atoms with Crippen LogP contribution in [0.15, 0.2) is 83.6 Å². The van der Waals surface area contributed by atoms with Crippen LogP contribution in [0.25, 0.3) is 0 Å². The van der Waals surface area contributed by atoms with Gasteiger partial charge in [0, 0.05) is 0 Å². The lowest BCUT2D eigenvalue weighted by atomic mass is 9.95. The average Bonchev–Trinajstić information content (AvgIpc) is 2.60. The summed E-state index contributed by atoms with van der Waals surface area (Å²) in [4.78, 5) is 0. The minimum Gasteiger partial charge on any atom is -0.192 e. The highest BCUT2D eigenvalue weighted by Crippen LogP contribution is 2.22. The first-order valence-corrected chi connectivity index (χ1v) is 7.66. The second-order valence-corrected chi connectivity index (χ2v) is 3.97. The number of allylic oxidation sites excluding steroid dienone is 13. The molecule has 0 bridgehead atoms. The van der Waals surface area contributed by atoms with Crippen LogP contribution in [-0.4, -0.2) is 0 Å². The van der Waals surface area contributed by atoms with Gasteiger partial charge in [-0.05, 0) is 31.9 Å². The van der Waals surface area contributed by atoms with Crippen molar-refractivity contribution < 1.29 is 0 Å². The predicted molar refractivity (Wildman–Crippen MR) is 100 cm³/mol. The Bertz CT molecular complexity index is 622. The van der Waals surface area contributed by atoms with Gasteiger partial charge in [-0.3, -0.25) is 0 Å². The van der Waals surface area contributed by atoms with Crippen molar-refractivity contribution in [1.29, 1.82) is 10.5 Å². The van der Waals surface area contributed by atoms with Gasteiger partial charge >= 0.3 is 0 Å². The van der Waals surface area contributed by atoms with Crippen LogP contribution in [0.3, 0.4) is 0 Å². The zero-order valence-electron chi connectivity index (χ0n) is 14.8. The molecule has 0 saturated heterocycles. The van der Waals surface area contributed by atoms with E-state index >= 15 is 0 Å². The van der Waals surface area contributed by atoms with E-state index in [1.54, 1.807) is 12.2 Å². The lowest BCUT2D eigenvalue weighted by Crippen LogP contribution is -1.94. The van der Waals surface area contributed by atoms with Crippen LogP contribution in [0.5, 0.6) is 0 Å². The summed E-state index contributed by atoms with van der Waals surface area (Å²) in [6.07, 6.45) is 16.2. The van der Waals surface area contributed by atoms with Gasteiger partial charge in [-0.2, -0.15) is 10.5 Å². The van der Waals surface area contributed by atoms with Crippen molar-refractivity contribution in [2.45, 2.75) is 34.6 Å². The number of hydrogen-bond donors (Lipinski definition) is 0. The van der Waals surface area contributed by atoms with E-state index in [0.717, 1.165) is 0 Å². The third kappa shape index (κ3) is 8.24. The molecule has 0 aromatic carbocycles. The van der Waals surface area contributed by atoms with E-state index in [0.29, 0.717) is 22.3 Å². The molecule has 0 saturated carbocycles. The molecule has 0 aromatic heterocycles. The van der Waals surface area contributed by atoms with E-state index in [1.807, 2.05) is 77.2 Å². The summed E-state index contributed by atoms with van der Waals surface area (Å²) in [6.45, 7) is 13.4. The number of nitrogens with zero attached hydrogens (tertiary/aromatic N) is 2. The standard InChI is InChI=1S/C19H20N2.C2H6/c1-5-9-12-16(8-4)18(14-20)19(15-21)17(11-7-3)13-10-6-2;1-2/h5-13H,4H2,1-3H3;1-2H3/b9-5-,10-6-,11-7-,16-12+,17-13+,19-18+;. The first-order valence-electron chi connectivity index (χ1n) is 7.66. The highest BCUT2D eigenvalue weighted by atomic mass is 14.3. The van der Waals surface area contributed by atoms with Crippen LogP contribution in [0, 0.1) is 22.7 Å². The second-order valence-electron chi connectivity index (χ2n) is 3.97. The summed E-state index contributed by atoms with van der Waals surface area (Å²) < 4.78 is 0. The monoisotopic (exact) mass is 306 g/mol. The van der Waals surface area contributed by atoms with Gasteiger partial charge in [0.2, 0.25) is 0 Å². The maximum atomic E-state index is 9.46. The molecule has 0 aromatic rings. The molecule has 2 nitrogen and oxygen atoms in total. The summed E-state index contributed by atoms with van der Waals surface area (Å²) >= 11 is 0. The topological polar surface area (TPSA) is 47.6 Å². The molecule has 0 heterocycles. The Morgan fingerprint density at radius 1 is 0.783 bits per heavy atom. The molecule has 23 heavy (non-hydrogen) atoms. The summed E-state index contributed by atoms with van der Waals surface area (Å²) in [5.41, 5.74) is 1.98. The normalized spacial score (nSPS) is 13.3. The molecule has 0 fully saturated rings. The van der Waals surface area contributed by atoms with Crippen molar-refractivity contribution in [3.05, 3.63) is 83.6 Å². The van der Waals surface area contributed by atoms with Crippen LogP contribution < -0.4 is 0 Å². The van der Waals surface area contributed by atoms with Gasteiger partial charge in [0.1, 0.15) is 12.1 Å². The van der Waals surface area contributed by atoms with Crippen LogP contribution >= 0.6 is 0 Å². The fourth-order valence-electron chi connectivity index (χ4n) is 1.58. The fraction of sp³-hybridized carbons (Fsp3) is 0.238. The Morgan fingerprint density at radius 2 is 1.22 bits per heavy atom. The quantitative estimate of drug-likeness (QED) is 0.438. The highest BCUT2D eigenvalue weighted by Gasteiger charge is 2.11. The highest BCUT2D eigenvalue weighted by molar-refractivity contribution is 5.63. The lowest BCUT2D eigenvalue weighted by molar-refractivity contribution is 1.38. The molecule has 0 amide bonds. The number of nitriles is 2. The molecule has 0 aliphatic heterocycles. The maximum absolute atomic E-state index is 9.46. The zero-order chi connectivity index (χ0) is 18.1. The van der Waals surface area contributed by atoms with Crippen LogP contribution in [0.2, 0.25) is 0 Å². The van der Waals surface area contributed by atoms with Gasteiger partial charge in [0.15, 0.2) is 0 Å². The number of hydrogen-bond acceptors (Lipinski definition) is 2. The largest absolute Gasteiger partial charge is 0.192 e. The average molecular weight is 306 g/mol. The van der Waals surface area contributed by atoms with Crippen LogP contribution in [-0.2, 0) is 0 Å². The van der Waals surface area contributed by atoms with E-state index < -0.39 is 0 Å². The Balaban J connectivity index is 0. The third-order valence-corrected chi connectivity index (χ3v) is 2.55. The first kappa shape index (κ1) is 22.4. The van der Waals surface area contributed by atoms with Crippen molar-refractivity contribution in [3.8, 4) is 12.1 Å². The van der Waals surface area contributed by atoms with Gasteiger partial charge in [-0.15, -0.1) is 0 Å². The smallest absolute Gasteiger partial charge is 0.101 e. The minimum absolute atomic E-state index is 0.319. The maximum Gasteiger partial charge on any atom is 0.101 e. The van der Waals surface area contributed by atoms with E-state index in [4.69, 9.17) is 0 Å². The molecule has 0 atom stereocenters. The fourth-order valence-corrected chi connectivity index (χ4v) is 1.58. The zero-order valence-corrected chi connectivity index (χ0v) is 14.8. The molecule has 120 valence electrons. The molecular formula is C21H26N2. The second kappa shape index (κ2) is 15.5. The predicted octanol–water partition coefficient (Wildman–Crippen LogP) is 6.12. The molecule has 0 aliphatic rings. The Labute approximate surface area is 141 Å². The number of rotatable bonds is 6. The van der Waals surface area contributed by atoms with E-state index in [9.17, 15) is 10.5 Å². The van der Waals surface area contributed by atoms with Gasteiger partial charge in [0.05, 0.1) is 11.1 Å². The molecule has 0 aliphatic carbocycles. The van der Waals surface area contributed by atoms with Crippen LogP contribution in [0.1, 0.15) is 34.6 Å². The lowest BCUT2D eigenvalue weighted by Gasteiger charge is -2.05. The molecule has 0 rings (SSSR count). The SMILES string of the molecule is C=CC(=C\C=C/C)/C(C#N)=C(C#N)/C(/C=C\C)=C/C=C\C.CC. The van der Waals surface area contributed by atoms with Crippen molar-refractivity contribution >= 4 is 0 Å². The Kier molecular flexibility index (Phi) is 15.2. The summed E-state index contributed by atoms with van der Waals surface area (Å²) in [5, 5.41) is 18.9. The molecule has 0 unspecified atom stereocenters. The third-order valence-electron chi connectivity index (χ3n) is 2.55. The van der Waals surface area contributed by atoms with Crippen molar-refractivity contribution in [2.24, 2.45) is 0 Å². The molecule has 0 radical (unpaired) electrons. The first-order chi connectivity index (χ1) is 11.2. The van der Waals surface area contributed by atoms with Gasteiger partial charge < -0.3 is 0 Å². The molecular weight excluding hydrogens is 280 g/mol. The Hall–Kier alpha value is -2.84. The molecule has 0 N–H and O–H groups in total. The minimum atomic E-state index is 0.319. The van der Waals surface area contributed by atoms with Crippen molar-refractivity contribution in [3.63, 3.8) is 0 Å². The summed E-state index contributed by atoms with van der Waals surface area (Å²) in [6, 6.07) is 4.24. The van der Waals surface area contributed by atoms with E-state index in [-0.39, 0.29) is 0 Å². The van der Waals surface area contributed by atoms with E-state index in [2.05, 4.69) is 18.7 Å². The summed E-state index contributed by atoms with van der Waals surface area (Å²) in [5.74, 6) is 0.